The lowest BCUT2D eigenvalue weighted by Crippen LogP contribution is -2.18. The quantitative estimate of drug-likeness (QED) is 0.945. The van der Waals surface area contributed by atoms with Gasteiger partial charge in [0.05, 0.1) is 5.02 Å². The Balaban J connectivity index is 2.27. The SMILES string of the molecule is CC(N)Cc1noc(-c2ccc(Br)c(Cl)c2)n1. The van der Waals surface area contributed by atoms with Gasteiger partial charge in [-0.2, -0.15) is 4.98 Å². The topological polar surface area (TPSA) is 64.9 Å². The Labute approximate surface area is 112 Å². The van der Waals surface area contributed by atoms with Gasteiger partial charge in [-0.15, -0.1) is 0 Å². The molecule has 1 aromatic carbocycles. The Morgan fingerprint density at radius 3 is 2.94 bits per heavy atom. The van der Waals surface area contributed by atoms with E-state index in [1.807, 2.05) is 19.1 Å². The molecule has 6 heteroatoms. The second kappa shape index (κ2) is 5.16. The zero-order chi connectivity index (χ0) is 12.4. The average molecular weight is 317 g/mol. The average Bonchev–Trinajstić information content (AvgIpc) is 2.69. The molecule has 90 valence electrons. The molecule has 0 aliphatic heterocycles. The molecule has 0 spiro atoms. The number of benzene rings is 1. The Bertz CT molecular complexity index is 527. The van der Waals surface area contributed by atoms with E-state index in [0.29, 0.717) is 23.2 Å². The summed E-state index contributed by atoms with van der Waals surface area (Å²) in [4.78, 5) is 4.26. The van der Waals surface area contributed by atoms with E-state index in [0.717, 1.165) is 10.0 Å². The molecule has 1 atom stereocenters. The summed E-state index contributed by atoms with van der Waals surface area (Å²) < 4.78 is 5.99. The summed E-state index contributed by atoms with van der Waals surface area (Å²) in [6.45, 7) is 1.90. The minimum atomic E-state index is 0.00829. The third-order valence-electron chi connectivity index (χ3n) is 2.14. The fourth-order valence-corrected chi connectivity index (χ4v) is 1.80. The van der Waals surface area contributed by atoms with Crippen LogP contribution in [0.3, 0.4) is 0 Å². The van der Waals surface area contributed by atoms with Crippen LogP contribution in [0, 0.1) is 0 Å². The highest BCUT2D eigenvalue weighted by atomic mass is 79.9. The van der Waals surface area contributed by atoms with E-state index in [-0.39, 0.29) is 6.04 Å². The predicted molar refractivity (Wildman–Crippen MR) is 69.8 cm³/mol. The smallest absolute Gasteiger partial charge is 0.257 e. The monoisotopic (exact) mass is 315 g/mol. The van der Waals surface area contributed by atoms with Crippen LogP contribution in [0.1, 0.15) is 12.7 Å². The van der Waals surface area contributed by atoms with Gasteiger partial charge in [0, 0.05) is 22.5 Å². The summed E-state index contributed by atoms with van der Waals surface area (Å²) >= 11 is 9.32. The van der Waals surface area contributed by atoms with E-state index in [2.05, 4.69) is 26.1 Å². The molecule has 0 saturated heterocycles. The van der Waals surface area contributed by atoms with Gasteiger partial charge in [-0.05, 0) is 41.1 Å². The third kappa shape index (κ3) is 3.06. The van der Waals surface area contributed by atoms with Crippen LogP contribution in [-0.4, -0.2) is 16.2 Å². The number of hydrogen-bond acceptors (Lipinski definition) is 4. The summed E-state index contributed by atoms with van der Waals surface area (Å²) in [6.07, 6.45) is 0.591. The molecule has 1 unspecified atom stereocenters. The zero-order valence-electron chi connectivity index (χ0n) is 9.15. The van der Waals surface area contributed by atoms with Gasteiger partial charge in [0.1, 0.15) is 0 Å². The van der Waals surface area contributed by atoms with Crippen molar-refractivity contribution in [1.29, 1.82) is 0 Å². The first-order valence-corrected chi connectivity index (χ1v) is 6.27. The molecule has 1 heterocycles. The van der Waals surface area contributed by atoms with Gasteiger partial charge in [0.25, 0.3) is 5.89 Å². The predicted octanol–water partition coefficient (Wildman–Crippen LogP) is 3.04. The number of nitrogens with zero attached hydrogens (tertiary/aromatic N) is 2. The van der Waals surface area contributed by atoms with E-state index >= 15 is 0 Å². The highest BCUT2D eigenvalue weighted by Crippen LogP contribution is 2.27. The van der Waals surface area contributed by atoms with Crippen LogP contribution in [-0.2, 0) is 6.42 Å². The molecule has 0 fully saturated rings. The lowest BCUT2D eigenvalue weighted by Gasteiger charge is -1.98. The van der Waals surface area contributed by atoms with E-state index < -0.39 is 0 Å². The standard InChI is InChI=1S/C11H11BrClN3O/c1-6(14)4-10-15-11(17-16-10)7-2-3-8(12)9(13)5-7/h2-3,5-6H,4,14H2,1H3. The molecule has 2 rings (SSSR count). The molecule has 0 saturated carbocycles. The van der Waals surface area contributed by atoms with E-state index in [9.17, 15) is 0 Å². The van der Waals surface area contributed by atoms with Crippen LogP contribution in [0.25, 0.3) is 11.5 Å². The van der Waals surface area contributed by atoms with Crippen molar-refractivity contribution in [2.24, 2.45) is 5.73 Å². The largest absolute Gasteiger partial charge is 0.334 e. The Morgan fingerprint density at radius 2 is 2.29 bits per heavy atom. The minimum Gasteiger partial charge on any atom is -0.334 e. The van der Waals surface area contributed by atoms with Crippen molar-refractivity contribution in [3.8, 4) is 11.5 Å². The lowest BCUT2D eigenvalue weighted by atomic mass is 10.2. The number of nitrogens with two attached hydrogens (primary N) is 1. The van der Waals surface area contributed by atoms with Crippen LogP contribution < -0.4 is 5.73 Å². The lowest BCUT2D eigenvalue weighted by molar-refractivity contribution is 0.420. The fourth-order valence-electron chi connectivity index (χ4n) is 1.37. The summed E-state index contributed by atoms with van der Waals surface area (Å²) in [5.74, 6) is 1.06. The van der Waals surface area contributed by atoms with Crippen molar-refractivity contribution < 1.29 is 4.52 Å². The maximum Gasteiger partial charge on any atom is 0.257 e. The molecule has 2 aromatic rings. The zero-order valence-corrected chi connectivity index (χ0v) is 11.5. The summed E-state index contributed by atoms with van der Waals surface area (Å²) in [5.41, 5.74) is 6.46. The highest BCUT2D eigenvalue weighted by molar-refractivity contribution is 9.10. The van der Waals surface area contributed by atoms with Gasteiger partial charge in [-0.25, -0.2) is 0 Å². The van der Waals surface area contributed by atoms with Crippen molar-refractivity contribution in [2.45, 2.75) is 19.4 Å². The Kier molecular flexibility index (Phi) is 3.81. The van der Waals surface area contributed by atoms with E-state index in [1.54, 1.807) is 6.07 Å². The number of rotatable bonds is 3. The molecule has 4 nitrogen and oxygen atoms in total. The van der Waals surface area contributed by atoms with Gasteiger partial charge in [0.2, 0.25) is 0 Å². The first kappa shape index (κ1) is 12.5. The second-order valence-electron chi connectivity index (χ2n) is 3.83. The van der Waals surface area contributed by atoms with Crippen molar-refractivity contribution in [2.75, 3.05) is 0 Å². The van der Waals surface area contributed by atoms with Crippen LogP contribution in [0.2, 0.25) is 5.02 Å². The van der Waals surface area contributed by atoms with Gasteiger partial charge < -0.3 is 10.3 Å². The summed E-state index contributed by atoms with van der Waals surface area (Å²) in [7, 11) is 0. The van der Waals surface area contributed by atoms with Gasteiger partial charge in [-0.3, -0.25) is 0 Å². The van der Waals surface area contributed by atoms with Gasteiger partial charge >= 0.3 is 0 Å². The number of aromatic nitrogens is 2. The molecule has 1 aromatic heterocycles. The summed E-state index contributed by atoms with van der Waals surface area (Å²) in [5, 5.41) is 4.47. The Hall–Kier alpha value is -0.910. The molecule has 0 radical (unpaired) electrons. The van der Waals surface area contributed by atoms with E-state index in [1.165, 1.54) is 0 Å². The molecular formula is C11H11BrClN3O. The van der Waals surface area contributed by atoms with Crippen LogP contribution in [0.4, 0.5) is 0 Å². The molecule has 0 aliphatic rings. The second-order valence-corrected chi connectivity index (χ2v) is 5.09. The Morgan fingerprint density at radius 1 is 1.53 bits per heavy atom. The van der Waals surface area contributed by atoms with Crippen molar-refractivity contribution in [3.05, 3.63) is 33.5 Å². The van der Waals surface area contributed by atoms with Gasteiger partial charge in [0.15, 0.2) is 5.82 Å². The molecule has 17 heavy (non-hydrogen) atoms. The summed E-state index contributed by atoms with van der Waals surface area (Å²) in [6, 6.07) is 5.48. The van der Waals surface area contributed by atoms with Gasteiger partial charge in [-0.1, -0.05) is 16.8 Å². The van der Waals surface area contributed by atoms with Crippen molar-refractivity contribution in [1.82, 2.24) is 10.1 Å². The van der Waals surface area contributed by atoms with Crippen molar-refractivity contribution >= 4 is 27.5 Å². The number of hydrogen-bond donors (Lipinski definition) is 1. The van der Waals surface area contributed by atoms with Crippen molar-refractivity contribution in [3.63, 3.8) is 0 Å². The molecular weight excluding hydrogens is 305 g/mol. The first-order chi connectivity index (χ1) is 8.06. The maximum absolute atomic E-state index is 6.00. The van der Waals surface area contributed by atoms with Crippen LogP contribution in [0.5, 0.6) is 0 Å². The normalized spacial score (nSPS) is 12.7. The van der Waals surface area contributed by atoms with Crippen LogP contribution >= 0.6 is 27.5 Å². The molecule has 0 amide bonds. The molecule has 2 N–H and O–H groups in total. The number of halogens is 2. The molecule has 0 bridgehead atoms. The van der Waals surface area contributed by atoms with Crippen LogP contribution in [0.15, 0.2) is 27.2 Å². The first-order valence-electron chi connectivity index (χ1n) is 5.10. The van der Waals surface area contributed by atoms with E-state index in [4.69, 9.17) is 21.9 Å². The highest BCUT2D eigenvalue weighted by Gasteiger charge is 2.11. The maximum atomic E-state index is 6.00. The fraction of sp³-hybridized carbons (Fsp3) is 0.273. The minimum absolute atomic E-state index is 0.00829. The third-order valence-corrected chi connectivity index (χ3v) is 3.37. The molecule has 0 aliphatic carbocycles.